The largest absolute Gasteiger partial charge is 0.484 e. The summed E-state index contributed by atoms with van der Waals surface area (Å²) in [6.45, 7) is 4.55. The van der Waals surface area contributed by atoms with Crippen molar-refractivity contribution in [1.29, 1.82) is 0 Å². The Morgan fingerprint density at radius 2 is 1.73 bits per heavy atom. The van der Waals surface area contributed by atoms with Crippen LogP contribution < -0.4 is 10.1 Å². The molecule has 0 unspecified atom stereocenters. The summed E-state index contributed by atoms with van der Waals surface area (Å²) >= 11 is 4.28. The highest BCUT2D eigenvalue weighted by molar-refractivity contribution is 9.10. The molecular formula is C31H28BrN3O5S. The van der Waals surface area contributed by atoms with Gasteiger partial charge in [0.05, 0.1) is 10.6 Å². The highest BCUT2D eigenvalue weighted by Gasteiger charge is 2.37. The van der Waals surface area contributed by atoms with Gasteiger partial charge in [0.1, 0.15) is 12.3 Å². The molecule has 0 spiro atoms. The average Bonchev–Trinajstić information content (AvgIpc) is 3.22. The van der Waals surface area contributed by atoms with E-state index in [4.69, 9.17) is 4.74 Å². The molecule has 41 heavy (non-hydrogen) atoms. The van der Waals surface area contributed by atoms with E-state index in [0.717, 1.165) is 44.2 Å². The lowest BCUT2D eigenvalue weighted by atomic mass is 10.00. The minimum atomic E-state index is -0.486. The second kappa shape index (κ2) is 12.3. The van der Waals surface area contributed by atoms with Crippen molar-refractivity contribution in [3.05, 3.63) is 97.9 Å². The molecular weight excluding hydrogens is 606 g/mol. The van der Waals surface area contributed by atoms with Crippen LogP contribution in [-0.4, -0.2) is 52.5 Å². The summed E-state index contributed by atoms with van der Waals surface area (Å²) in [6.07, 6.45) is 2.36. The highest BCUT2D eigenvalue weighted by Crippen LogP contribution is 2.33. The van der Waals surface area contributed by atoms with Crippen molar-refractivity contribution in [2.45, 2.75) is 26.8 Å². The predicted molar refractivity (Wildman–Crippen MR) is 162 cm³/mol. The summed E-state index contributed by atoms with van der Waals surface area (Å²) in [5, 5.41) is 2.37. The number of thioether (sulfide) groups is 1. The molecule has 0 aromatic heterocycles. The number of imide groups is 1. The third kappa shape index (κ3) is 6.71. The zero-order valence-corrected chi connectivity index (χ0v) is 25.0. The number of hydrogen-bond acceptors (Lipinski definition) is 6. The van der Waals surface area contributed by atoms with Crippen molar-refractivity contribution in [1.82, 2.24) is 9.80 Å². The minimum absolute atomic E-state index is 0.172. The lowest BCUT2D eigenvalue weighted by Crippen LogP contribution is -2.44. The molecule has 1 N–H and O–H groups in total. The Kier molecular flexibility index (Phi) is 8.60. The maximum Gasteiger partial charge on any atom is 0.294 e. The number of nitrogens with zero attached hydrogens (tertiary/aromatic N) is 2. The van der Waals surface area contributed by atoms with E-state index < -0.39 is 11.1 Å². The van der Waals surface area contributed by atoms with Crippen LogP contribution in [-0.2, 0) is 27.3 Å². The van der Waals surface area contributed by atoms with Gasteiger partial charge in [-0.05, 0) is 106 Å². The van der Waals surface area contributed by atoms with Crippen LogP contribution in [0.1, 0.15) is 27.8 Å². The summed E-state index contributed by atoms with van der Waals surface area (Å²) in [7, 11) is 0. The van der Waals surface area contributed by atoms with E-state index in [1.54, 1.807) is 35.2 Å². The molecule has 210 valence electrons. The number of amides is 4. The molecule has 0 atom stereocenters. The minimum Gasteiger partial charge on any atom is -0.484 e. The molecule has 10 heteroatoms. The Morgan fingerprint density at radius 3 is 2.49 bits per heavy atom. The van der Waals surface area contributed by atoms with E-state index in [9.17, 15) is 19.2 Å². The number of carbonyl (C=O) groups is 4. The summed E-state index contributed by atoms with van der Waals surface area (Å²) in [6, 6.07) is 18.7. The van der Waals surface area contributed by atoms with Crippen LogP contribution in [0.5, 0.6) is 5.75 Å². The Labute approximate surface area is 250 Å². The van der Waals surface area contributed by atoms with E-state index >= 15 is 0 Å². The Hall–Kier alpha value is -3.89. The molecule has 1 saturated heterocycles. The van der Waals surface area contributed by atoms with Crippen LogP contribution in [0.2, 0.25) is 0 Å². The lowest BCUT2D eigenvalue weighted by molar-refractivity contribution is -0.136. The van der Waals surface area contributed by atoms with Gasteiger partial charge in [0, 0.05) is 17.6 Å². The van der Waals surface area contributed by atoms with Crippen molar-refractivity contribution >= 4 is 62.4 Å². The van der Waals surface area contributed by atoms with Gasteiger partial charge in [0.25, 0.3) is 17.1 Å². The maximum absolute atomic E-state index is 13.0. The molecule has 4 amide bonds. The van der Waals surface area contributed by atoms with Crippen molar-refractivity contribution in [2.24, 2.45) is 0 Å². The number of ether oxygens (including phenoxy) is 1. The van der Waals surface area contributed by atoms with Gasteiger partial charge in [-0.25, -0.2) is 0 Å². The molecule has 0 aliphatic carbocycles. The van der Waals surface area contributed by atoms with Gasteiger partial charge in [-0.15, -0.1) is 0 Å². The molecule has 0 saturated carbocycles. The quantitative estimate of drug-likeness (QED) is 0.335. The number of nitrogens with one attached hydrogen (secondary N) is 1. The molecule has 5 rings (SSSR count). The second-order valence-electron chi connectivity index (χ2n) is 9.92. The first kappa shape index (κ1) is 28.6. The fraction of sp³-hybridized carbons (Fsp3) is 0.226. The van der Waals surface area contributed by atoms with Crippen molar-refractivity contribution < 1.29 is 23.9 Å². The monoisotopic (exact) mass is 633 g/mol. The summed E-state index contributed by atoms with van der Waals surface area (Å²) in [5.74, 6) is -0.549. The number of hydrogen-bond donors (Lipinski definition) is 1. The molecule has 8 nitrogen and oxygen atoms in total. The highest BCUT2D eigenvalue weighted by atomic mass is 79.9. The topological polar surface area (TPSA) is 96.0 Å². The number of benzene rings is 3. The Balaban J connectivity index is 1.15. The fourth-order valence-corrected chi connectivity index (χ4v) is 6.00. The second-order valence-corrected chi connectivity index (χ2v) is 11.8. The van der Waals surface area contributed by atoms with Crippen molar-refractivity contribution in [3.8, 4) is 5.75 Å². The van der Waals surface area contributed by atoms with Gasteiger partial charge in [0.15, 0.2) is 6.61 Å². The Morgan fingerprint density at radius 1 is 1.02 bits per heavy atom. The zero-order valence-electron chi connectivity index (χ0n) is 22.6. The van der Waals surface area contributed by atoms with Crippen LogP contribution in [0.15, 0.2) is 70.0 Å². The number of fused-ring (bicyclic) bond motifs is 1. The van der Waals surface area contributed by atoms with Crippen LogP contribution in [0.4, 0.5) is 10.5 Å². The third-order valence-electron chi connectivity index (χ3n) is 7.06. The first-order valence-corrected chi connectivity index (χ1v) is 14.7. The van der Waals surface area contributed by atoms with Crippen LogP contribution in [0, 0.1) is 13.8 Å². The summed E-state index contributed by atoms with van der Waals surface area (Å²) in [4.78, 5) is 53.8. The van der Waals surface area contributed by atoms with E-state index in [-0.39, 0.29) is 29.9 Å². The van der Waals surface area contributed by atoms with Gasteiger partial charge < -0.3 is 15.0 Å². The molecule has 2 heterocycles. The molecule has 0 bridgehead atoms. The SMILES string of the molecule is Cc1cc(Br)c(NC(=O)COc2ccc(/C=C3/SC(=O)N(CC(=O)N4CCc5ccccc5C4)C3=O)cc2)cc1C. The van der Waals surface area contributed by atoms with Gasteiger partial charge in [-0.3, -0.25) is 24.1 Å². The first-order valence-electron chi connectivity index (χ1n) is 13.1. The van der Waals surface area contributed by atoms with Crippen LogP contribution in [0.25, 0.3) is 6.08 Å². The van der Waals surface area contributed by atoms with Crippen molar-refractivity contribution in [3.63, 3.8) is 0 Å². The normalized spacial score (nSPS) is 15.7. The number of carbonyl (C=O) groups excluding carboxylic acids is 4. The fourth-order valence-electron chi connectivity index (χ4n) is 4.60. The zero-order chi connectivity index (χ0) is 29.1. The van der Waals surface area contributed by atoms with E-state index in [0.29, 0.717) is 30.1 Å². The number of halogens is 1. The standard InChI is InChI=1S/C31H28BrN3O5S/c1-19-13-25(32)26(14-20(19)2)33-28(36)18-40-24-9-7-21(8-10-24)15-27-30(38)35(31(39)41-27)17-29(37)34-12-11-22-5-3-4-6-23(22)16-34/h3-10,13-15H,11-12,16-18H2,1-2H3,(H,33,36)/b27-15+. The smallest absolute Gasteiger partial charge is 0.294 e. The molecule has 0 radical (unpaired) electrons. The van der Waals surface area contributed by atoms with E-state index in [2.05, 4.69) is 27.3 Å². The van der Waals surface area contributed by atoms with Crippen LogP contribution in [0.3, 0.4) is 0 Å². The molecule has 3 aromatic carbocycles. The van der Waals surface area contributed by atoms with Gasteiger partial charge in [-0.1, -0.05) is 36.4 Å². The van der Waals surface area contributed by atoms with Gasteiger partial charge in [0.2, 0.25) is 5.91 Å². The van der Waals surface area contributed by atoms with Crippen LogP contribution >= 0.6 is 27.7 Å². The summed E-state index contributed by atoms with van der Waals surface area (Å²) in [5.41, 5.74) is 5.85. The number of rotatable bonds is 7. The van der Waals surface area contributed by atoms with Crippen molar-refractivity contribution in [2.75, 3.05) is 25.0 Å². The molecule has 2 aliphatic heterocycles. The first-order chi connectivity index (χ1) is 19.7. The molecule has 3 aromatic rings. The Bertz CT molecular complexity index is 1570. The average molecular weight is 635 g/mol. The lowest BCUT2D eigenvalue weighted by Gasteiger charge is -2.29. The van der Waals surface area contributed by atoms with E-state index in [1.807, 2.05) is 44.2 Å². The third-order valence-corrected chi connectivity index (χ3v) is 8.62. The number of anilines is 1. The maximum atomic E-state index is 13.0. The number of aryl methyl sites for hydroxylation is 2. The molecule has 1 fully saturated rings. The van der Waals surface area contributed by atoms with E-state index in [1.165, 1.54) is 5.56 Å². The summed E-state index contributed by atoms with van der Waals surface area (Å²) < 4.78 is 6.41. The van der Waals surface area contributed by atoms with Gasteiger partial charge >= 0.3 is 0 Å². The predicted octanol–water partition coefficient (Wildman–Crippen LogP) is 5.70. The molecule has 2 aliphatic rings. The van der Waals surface area contributed by atoms with Gasteiger partial charge in [-0.2, -0.15) is 0 Å².